The van der Waals surface area contributed by atoms with Crippen LogP contribution in [0.5, 0.6) is 0 Å². The first-order chi connectivity index (χ1) is 7.74. The molecule has 2 rings (SSSR count). The van der Waals surface area contributed by atoms with Gasteiger partial charge in [-0.15, -0.1) is 0 Å². The Hall–Kier alpha value is -1.22. The van der Waals surface area contributed by atoms with Crippen molar-refractivity contribution in [3.8, 4) is 0 Å². The van der Waals surface area contributed by atoms with Gasteiger partial charge in [-0.25, -0.2) is 0 Å². The maximum Gasteiger partial charge on any atom is 0.0314 e. The Balaban J connectivity index is 0.00000144. The van der Waals surface area contributed by atoms with Gasteiger partial charge in [0.15, 0.2) is 0 Å². The normalized spacial score (nSPS) is 10.1. The topological polar surface area (TPSA) is 52.0 Å². The Morgan fingerprint density at radius 3 is 1.18 bits per heavy atom. The third-order valence-electron chi connectivity index (χ3n) is 2.34. The second-order valence-corrected chi connectivity index (χ2v) is 3.67. The number of hydrogen-bond donors (Lipinski definition) is 2. The van der Waals surface area contributed by atoms with Gasteiger partial charge in [0.25, 0.3) is 0 Å². The van der Waals surface area contributed by atoms with Crippen LogP contribution >= 0.6 is 0 Å². The van der Waals surface area contributed by atoms with Crippen LogP contribution in [0.1, 0.15) is 11.1 Å². The molecule has 2 aromatic carbocycles. The molecule has 0 aliphatic rings. The van der Waals surface area contributed by atoms with Gasteiger partial charge in [-0.05, 0) is 35.4 Å². The first-order valence-electron chi connectivity index (χ1n) is 5.13. The minimum Gasteiger partial charge on any atom is -0.399 e. The molecule has 1 radical (unpaired) electrons. The first kappa shape index (κ1) is 13.8. The van der Waals surface area contributed by atoms with E-state index in [0.29, 0.717) is 0 Å². The smallest absolute Gasteiger partial charge is 0.0314 e. The van der Waals surface area contributed by atoms with E-state index >= 15 is 0 Å². The summed E-state index contributed by atoms with van der Waals surface area (Å²) in [5, 5.41) is 0. The zero-order valence-corrected chi connectivity index (χ0v) is 11.9. The molecule has 0 bridgehead atoms. The summed E-state index contributed by atoms with van der Waals surface area (Å²) in [6.45, 7) is 0. The van der Waals surface area contributed by atoms with E-state index < -0.39 is 0 Å². The molecule has 2 aromatic rings. The van der Waals surface area contributed by atoms with Crippen LogP contribution in [-0.4, -0.2) is 29.6 Å². The predicted octanol–water partition coefficient (Wildman–Crippen LogP) is 2.64. The maximum absolute atomic E-state index is 5.61. The number of nitrogens with two attached hydrogens (primary N) is 2. The van der Waals surface area contributed by atoms with Crippen LogP contribution in [0.3, 0.4) is 0 Å². The van der Waals surface area contributed by atoms with Gasteiger partial charge in [0.2, 0.25) is 0 Å². The Bertz CT molecular complexity index is 439. The zero-order chi connectivity index (χ0) is 11.4. The third kappa shape index (κ3) is 4.27. The van der Waals surface area contributed by atoms with Crippen LogP contribution in [0.15, 0.2) is 48.5 Å². The maximum atomic E-state index is 5.61. The molecule has 0 saturated carbocycles. The van der Waals surface area contributed by atoms with Gasteiger partial charge in [-0.1, -0.05) is 36.4 Å². The van der Waals surface area contributed by atoms with Gasteiger partial charge in [-0.2, -0.15) is 0 Å². The number of anilines is 2. The summed E-state index contributed by atoms with van der Waals surface area (Å²) in [6, 6.07) is 15.5. The minimum absolute atomic E-state index is 0. The van der Waals surface area contributed by atoms with E-state index in [1.54, 1.807) is 0 Å². The molecular formula is C14H14N2Na. The summed E-state index contributed by atoms with van der Waals surface area (Å²) in [6.07, 6.45) is 4.09. The molecular weight excluding hydrogens is 219 g/mol. The van der Waals surface area contributed by atoms with Gasteiger partial charge in [-0.3, -0.25) is 0 Å². The van der Waals surface area contributed by atoms with E-state index in [2.05, 4.69) is 0 Å². The van der Waals surface area contributed by atoms with Crippen molar-refractivity contribution in [2.24, 2.45) is 0 Å². The van der Waals surface area contributed by atoms with Gasteiger partial charge in [0.1, 0.15) is 0 Å². The number of nitrogen functional groups attached to an aromatic ring is 2. The van der Waals surface area contributed by atoms with Crippen LogP contribution < -0.4 is 11.5 Å². The number of rotatable bonds is 2. The summed E-state index contributed by atoms with van der Waals surface area (Å²) >= 11 is 0. The molecule has 3 heteroatoms. The number of benzene rings is 2. The van der Waals surface area contributed by atoms with Crippen molar-refractivity contribution in [1.82, 2.24) is 0 Å². The molecule has 81 valence electrons. The molecule has 0 amide bonds. The molecule has 0 aromatic heterocycles. The summed E-state index contributed by atoms with van der Waals surface area (Å²) in [7, 11) is 0. The van der Waals surface area contributed by atoms with Crippen LogP contribution in [0, 0.1) is 0 Å². The second-order valence-electron chi connectivity index (χ2n) is 3.67. The van der Waals surface area contributed by atoms with Crippen LogP contribution in [0.2, 0.25) is 0 Å². The standard InChI is InChI=1S/C14H14N2.Na/c15-13-7-3-11(4-8-13)1-2-12-5-9-14(16)10-6-12;/h1-10H,15-16H2;. The minimum atomic E-state index is 0. The fraction of sp³-hybridized carbons (Fsp3) is 0. The molecule has 0 unspecified atom stereocenters. The van der Waals surface area contributed by atoms with Crippen molar-refractivity contribution in [1.29, 1.82) is 0 Å². The van der Waals surface area contributed by atoms with Crippen molar-refractivity contribution < 1.29 is 0 Å². The monoisotopic (exact) mass is 233 g/mol. The summed E-state index contributed by atoms with van der Waals surface area (Å²) in [4.78, 5) is 0. The van der Waals surface area contributed by atoms with Gasteiger partial charge < -0.3 is 11.5 Å². The van der Waals surface area contributed by atoms with E-state index in [1.807, 2.05) is 60.7 Å². The van der Waals surface area contributed by atoms with Crippen LogP contribution in [0.4, 0.5) is 11.4 Å². The van der Waals surface area contributed by atoms with Crippen LogP contribution in [-0.2, 0) is 0 Å². The van der Waals surface area contributed by atoms with E-state index in [9.17, 15) is 0 Å². The molecule has 17 heavy (non-hydrogen) atoms. The second kappa shape index (κ2) is 6.50. The Labute approximate surface area is 124 Å². The molecule has 0 spiro atoms. The molecule has 0 aliphatic heterocycles. The Morgan fingerprint density at radius 1 is 0.588 bits per heavy atom. The molecule has 0 aliphatic carbocycles. The molecule has 0 saturated heterocycles. The fourth-order valence-corrected chi connectivity index (χ4v) is 1.41. The Kier molecular flexibility index (Phi) is 5.29. The molecule has 4 N–H and O–H groups in total. The SMILES string of the molecule is Nc1ccc(C=Cc2ccc(N)cc2)cc1.[Na]. The van der Waals surface area contributed by atoms with Gasteiger partial charge >= 0.3 is 0 Å². The van der Waals surface area contributed by atoms with E-state index in [0.717, 1.165) is 22.5 Å². The van der Waals surface area contributed by atoms with E-state index in [-0.39, 0.29) is 29.6 Å². The number of hydrogen-bond acceptors (Lipinski definition) is 2. The summed E-state index contributed by atoms with van der Waals surface area (Å²) in [5.41, 5.74) is 15.1. The van der Waals surface area contributed by atoms with Crippen molar-refractivity contribution in [2.75, 3.05) is 11.5 Å². The van der Waals surface area contributed by atoms with Crippen molar-refractivity contribution >= 4 is 53.1 Å². The molecule has 0 fully saturated rings. The molecule has 2 nitrogen and oxygen atoms in total. The quantitative estimate of drug-likeness (QED) is 0.476. The molecule has 0 heterocycles. The summed E-state index contributed by atoms with van der Waals surface area (Å²) < 4.78 is 0. The summed E-state index contributed by atoms with van der Waals surface area (Å²) in [5.74, 6) is 0. The van der Waals surface area contributed by atoms with E-state index in [4.69, 9.17) is 11.5 Å². The average Bonchev–Trinajstić information content (AvgIpc) is 2.30. The molecule has 0 atom stereocenters. The van der Waals surface area contributed by atoms with E-state index in [1.165, 1.54) is 0 Å². The van der Waals surface area contributed by atoms with Crippen molar-refractivity contribution in [2.45, 2.75) is 0 Å². The fourth-order valence-electron chi connectivity index (χ4n) is 1.41. The van der Waals surface area contributed by atoms with Gasteiger partial charge in [0.05, 0.1) is 0 Å². The first-order valence-corrected chi connectivity index (χ1v) is 5.13. The van der Waals surface area contributed by atoms with Crippen molar-refractivity contribution in [3.63, 3.8) is 0 Å². The van der Waals surface area contributed by atoms with Gasteiger partial charge in [0, 0.05) is 40.9 Å². The predicted molar refractivity (Wildman–Crippen MR) is 76.4 cm³/mol. The third-order valence-corrected chi connectivity index (χ3v) is 2.34. The van der Waals surface area contributed by atoms with Crippen LogP contribution in [0.25, 0.3) is 12.2 Å². The zero-order valence-electron chi connectivity index (χ0n) is 9.93. The average molecular weight is 233 g/mol. The Morgan fingerprint density at radius 2 is 0.882 bits per heavy atom. The largest absolute Gasteiger partial charge is 0.399 e. The van der Waals surface area contributed by atoms with Crippen molar-refractivity contribution in [3.05, 3.63) is 59.7 Å².